The average molecular weight is 118 g/mol. The molecule has 0 saturated carbocycles. The van der Waals surface area contributed by atoms with Crippen molar-refractivity contribution in [3.8, 4) is 0 Å². The predicted octanol–water partition coefficient (Wildman–Crippen LogP) is -0.258. The molecule has 8 heavy (non-hydrogen) atoms. The van der Waals surface area contributed by atoms with E-state index in [2.05, 4.69) is 0 Å². The highest BCUT2D eigenvalue weighted by Crippen LogP contribution is 2.16. The van der Waals surface area contributed by atoms with E-state index in [0.717, 1.165) is 0 Å². The maximum absolute atomic E-state index is 8.58. The summed E-state index contributed by atoms with van der Waals surface area (Å²) in [5, 5.41) is 8.58. The summed E-state index contributed by atoms with van der Waals surface area (Å²) in [6.45, 7) is 2.85. The van der Waals surface area contributed by atoms with Crippen LogP contribution in [0, 0.1) is 0 Å². The summed E-state index contributed by atoms with van der Waals surface area (Å²) in [6.07, 6.45) is 0. The molecule has 1 fully saturated rings. The van der Waals surface area contributed by atoms with Gasteiger partial charge in [0.1, 0.15) is 0 Å². The van der Waals surface area contributed by atoms with Gasteiger partial charge < -0.3 is 14.6 Å². The predicted molar refractivity (Wildman–Crippen MR) is 27.4 cm³/mol. The van der Waals surface area contributed by atoms with Crippen molar-refractivity contribution >= 4 is 0 Å². The number of aliphatic hydroxyl groups excluding tert-OH is 1. The standard InChI is InChI=1S/C5H10O3/c1-5(4-6)7-2-3-8-5/h6H,2-4H2,1H3. The second-order valence-electron chi connectivity index (χ2n) is 1.99. The number of hydrogen-bond donors (Lipinski definition) is 1. The first-order valence-electron chi connectivity index (χ1n) is 2.66. The van der Waals surface area contributed by atoms with Gasteiger partial charge in [-0.2, -0.15) is 0 Å². The van der Waals surface area contributed by atoms with Gasteiger partial charge in [-0.1, -0.05) is 0 Å². The third-order valence-electron chi connectivity index (χ3n) is 1.19. The zero-order valence-corrected chi connectivity index (χ0v) is 4.89. The van der Waals surface area contributed by atoms with E-state index in [0.29, 0.717) is 13.2 Å². The first kappa shape index (κ1) is 6.01. The Balaban J connectivity index is 2.40. The molecule has 0 aromatic carbocycles. The van der Waals surface area contributed by atoms with Crippen LogP contribution in [0.15, 0.2) is 0 Å². The van der Waals surface area contributed by atoms with Gasteiger partial charge in [-0.3, -0.25) is 0 Å². The van der Waals surface area contributed by atoms with Crippen molar-refractivity contribution in [2.75, 3.05) is 19.8 Å². The van der Waals surface area contributed by atoms with Gasteiger partial charge in [0.15, 0.2) is 5.79 Å². The van der Waals surface area contributed by atoms with Crippen LogP contribution in [0.3, 0.4) is 0 Å². The summed E-state index contributed by atoms with van der Waals surface area (Å²) in [6, 6.07) is 0. The van der Waals surface area contributed by atoms with Crippen LogP contribution in [-0.2, 0) is 9.47 Å². The lowest BCUT2D eigenvalue weighted by atomic mass is 10.4. The lowest BCUT2D eigenvalue weighted by molar-refractivity contribution is -0.168. The van der Waals surface area contributed by atoms with Gasteiger partial charge >= 0.3 is 0 Å². The Kier molecular flexibility index (Phi) is 1.51. The molecule has 0 atom stereocenters. The third kappa shape index (κ3) is 0.992. The Morgan fingerprint density at radius 1 is 1.50 bits per heavy atom. The molecule has 1 N–H and O–H groups in total. The van der Waals surface area contributed by atoms with E-state index in [9.17, 15) is 0 Å². The monoisotopic (exact) mass is 118 g/mol. The number of ether oxygens (including phenoxy) is 2. The lowest BCUT2D eigenvalue weighted by Crippen LogP contribution is -2.29. The van der Waals surface area contributed by atoms with Crippen molar-refractivity contribution in [1.29, 1.82) is 0 Å². The maximum Gasteiger partial charge on any atom is 0.188 e. The fourth-order valence-electron chi connectivity index (χ4n) is 0.648. The molecule has 0 amide bonds. The summed E-state index contributed by atoms with van der Waals surface area (Å²) in [7, 11) is 0. The second-order valence-corrected chi connectivity index (χ2v) is 1.99. The van der Waals surface area contributed by atoms with Crippen molar-refractivity contribution in [2.45, 2.75) is 12.7 Å². The quantitative estimate of drug-likeness (QED) is 0.515. The van der Waals surface area contributed by atoms with E-state index in [-0.39, 0.29) is 6.61 Å². The first-order chi connectivity index (χ1) is 3.77. The zero-order chi connectivity index (χ0) is 6.04. The van der Waals surface area contributed by atoms with E-state index in [1.54, 1.807) is 6.92 Å². The molecule has 1 rings (SSSR count). The fraction of sp³-hybridized carbons (Fsp3) is 1.00. The van der Waals surface area contributed by atoms with Gasteiger partial charge in [-0.25, -0.2) is 0 Å². The summed E-state index contributed by atoms with van der Waals surface area (Å²) >= 11 is 0. The molecular formula is C5H10O3. The van der Waals surface area contributed by atoms with Crippen molar-refractivity contribution in [1.82, 2.24) is 0 Å². The molecule has 0 aromatic rings. The van der Waals surface area contributed by atoms with Crippen molar-refractivity contribution in [2.24, 2.45) is 0 Å². The molecule has 3 nitrogen and oxygen atoms in total. The molecule has 1 aliphatic heterocycles. The minimum Gasteiger partial charge on any atom is -0.391 e. The van der Waals surface area contributed by atoms with E-state index in [1.165, 1.54) is 0 Å². The number of rotatable bonds is 1. The largest absolute Gasteiger partial charge is 0.391 e. The van der Waals surface area contributed by atoms with E-state index < -0.39 is 5.79 Å². The summed E-state index contributed by atoms with van der Waals surface area (Å²) in [4.78, 5) is 0. The van der Waals surface area contributed by atoms with Gasteiger partial charge in [0.25, 0.3) is 0 Å². The Bertz CT molecular complexity index is 75.7. The molecule has 0 aliphatic carbocycles. The maximum atomic E-state index is 8.58. The summed E-state index contributed by atoms with van der Waals surface area (Å²) in [5.74, 6) is -0.708. The molecule has 0 aromatic heterocycles. The highest BCUT2D eigenvalue weighted by molar-refractivity contribution is 4.64. The topological polar surface area (TPSA) is 38.7 Å². The van der Waals surface area contributed by atoms with Crippen LogP contribution in [0.4, 0.5) is 0 Å². The molecule has 0 spiro atoms. The highest BCUT2D eigenvalue weighted by Gasteiger charge is 2.29. The normalized spacial score (nSPS) is 26.2. The molecule has 0 unspecified atom stereocenters. The van der Waals surface area contributed by atoms with Crippen LogP contribution in [0.2, 0.25) is 0 Å². The summed E-state index contributed by atoms with van der Waals surface area (Å²) in [5.41, 5.74) is 0. The van der Waals surface area contributed by atoms with Crippen molar-refractivity contribution in [3.05, 3.63) is 0 Å². The Morgan fingerprint density at radius 2 is 2.00 bits per heavy atom. The molecule has 3 heteroatoms. The number of hydrogen-bond acceptors (Lipinski definition) is 3. The Morgan fingerprint density at radius 3 is 2.25 bits per heavy atom. The lowest BCUT2D eigenvalue weighted by Gasteiger charge is -2.17. The smallest absolute Gasteiger partial charge is 0.188 e. The van der Waals surface area contributed by atoms with E-state index >= 15 is 0 Å². The second kappa shape index (κ2) is 2.01. The van der Waals surface area contributed by atoms with Crippen molar-refractivity contribution < 1.29 is 14.6 Å². The van der Waals surface area contributed by atoms with Gasteiger partial charge in [-0.05, 0) is 6.92 Å². The molecule has 1 saturated heterocycles. The minimum atomic E-state index is -0.708. The van der Waals surface area contributed by atoms with Crippen LogP contribution in [0.5, 0.6) is 0 Å². The van der Waals surface area contributed by atoms with Gasteiger partial charge in [-0.15, -0.1) is 0 Å². The van der Waals surface area contributed by atoms with Crippen LogP contribution in [0.25, 0.3) is 0 Å². The Hall–Kier alpha value is -0.120. The van der Waals surface area contributed by atoms with Crippen LogP contribution in [0.1, 0.15) is 6.92 Å². The van der Waals surface area contributed by atoms with Gasteiger partial charge in [0.05, 0.1) is 19.8 Å². The number of aliphatic hydroxyl groups is 1. The minimum absolute atomic E-state index is 0.0625. The summed E-state index contributed by atoms with van der Waals surface area (Å²) < 4.78 is 10.0. The highest BCUT2D eigenvalue weighted by atomic mass is 16.7. The molecular weight excluding hydrogens is 108 g/mol. The SMILES string of the molecule is CC1(CO)OCCO1. The van der Waals surface area contributed by atoms with E-state index in [1.807, 2.05) is 0 Å². The van der Waals surface area contributed by atoms with Crippen LogP contribution in [-0.4, -0.2) is 30.7 Å². The third-order valence-corrected chi connectivity index (χ3v) is 1.19. The van der Waals surface area contributed by atoms with Crippen LogP contribution >= 0.6 is 0 Å². The molecule has 0 bridgehead atoms. The van der Waals surface area contributed by atoms with Crippen LogP contribution < -0.4 is 0 Å². The Labute approximate surface area is 48.2 Å². The molecule has 0 radical (unpaired) electrons. The molecule has 1 aliphatic rings. The van der Waals surface area contributed by atoms with Gasteiger partial charge in [0.2, 0.25) is 0 Å². The molecule has 48 valence electrons. The average Bonchev–Trinajstić information content (AvgIpc) is 2.17. The van der Waals surface area contributed by atoms with Crippen molar-refractivity contribution in [3.63, 3.8) is 0 Å². The zero-order valence-electron chi connectivity index (χ0n) is 4.89. The fourth-order valence-corrected chi connectivity index (χ4v) is 0.648. The molecule has 1 heterocycles. The van der Waals surface area contributed by atoms with E-state index in [4.69, 9.17) is 14.6 Å². The first-order valence-corrected chi connectivity index (χ1v) is 2.66. The van der Waals surface area contributed by atoms with Gasteiger partial charge in [0, 0.05) is 0 Å².